The molecule has 0 radical (unpaired) electrons. The minimum Gasteiger partial charge on any atom is -0.460 e. The first-order valence-corrected chi connectivity index (χ1v) is 6.39. The van der Waals surface area contributed by atoms with Gasteiger partial charge in [-0.2, -0.15) is 0 Å². The van der Waals surface area contributed by atoms with Crippen LogP contribution in [0.4, 0.5) is 0 Å². The van der Waals surface area contributed by atoms with Gasteiger partial charge in [0.05, 0.1) is 19.3 Å². The largest absolute Gasteiger partial charge is 0.460 e. The lowest BCUT2D eigenvalue weighted by Gasteiger charge is -2.05. The van der Waals surface area contributed by atoms with Gasteiger partial charge in [0.1, 0.15) is 11.5 Å². The molecule has 110 valence electrons. The van der Waals surface area contributed by atoms with Crippen LogP contribution in [-0.4, -0.2) is 23.4 Å². The third-order valence-electron chi connectivity index (χ3n) is 2.93. The number of benzene rings is 1. The SMILES string of the molecule is CC(O)c1ccc(-c2ccc(CNCCO)o2)cc1.Cl. The highest BCUT2D eigenvalue weighted by Gasteiger charge is 2.06. The van der Waals surface area contributed by atoms with E-state index in [0.717, 1.165) is 22.6 Å². The summed E-state index contributed by atoms with van der Waals surface area (Å²) in [6.45, 7) is 3.02. The van der Waals surface area contributed by atoms with E-state index < -0.39 is 6.10 Å². The summed E-state index contributed by atoms with van der Waals surface area (Å²) in [6.07, 6.45) is -0.455. The first-order valence-electron chi connectivity index (χ1n) is 6.39. The number of halogens is 1. The van der Waals surface area contributed by atoms with E-state index >= 15 is 0 Å². The smallest absolute Gasteiger partial charge is 0.134 e. The molecule has 0 fully saturated rings. The third-order valence-corrected chi connectivity index (χ3v) is 2.93. The number of furan rings is 1. The average Bonchev–Trinajstić information content (AvgIpc) is 2.88. The number of nitrogens with one attached hydrogen (secondary N) is 1. The summed E-state index contributed by atoms with van der Waals surface area (Å²) in [5.41, 5.74) is 1.87. The monoisotopic (exact) mass is 297 g/mol. The molecule has 0 saturated heterocycles. The second-order valence-electron chi connectivity index (χ2n) is 4.46. The van der Waals surface area contributed by atoms with Gasteiger partial charge in [-0.1, -0.05) is 24.3 Å². The van der Waals surface area contributed by atoms with Gasteiger partial charge in [0, 0.05) is 12.1 Å². The van der Waals surface area contributed by atoms with Crippen LogP contribution in [-0.2, 0) is 6.54 Å². The van der Waals surface area contributed by atoms with E-state index in [-0.39, 0.29) is 19.0 Å². The Morgan fingerprint density at radius 3 is 2.45 bits per heavy atom. The Morgan fingerprint density at radius 1 is 1.15 bits per heavy atom. The van der Waals surface area contributed by atoms with Gasteiger partial charge in [-0.3, -0.25) is 0 Å². The Labute approximate surface area is 124 Å². The molecular weight excluding hydrogens is 278 g/mol. The van der Waals surface area contributed by atoms with E-state index in [4.69, 9.17) is 9.52 Å². The molecule has 0 amide bonds. The molecule has 2 rings (SSSR count). The van der Waals surface area contributed by atoms with Crippen LogP contribution < -0.4 is 5.32 Å². The fourth-order valence-electron chi connectivity index (χ4n) is 1.84. The van der Waals surface area contributed by atoms with Crippen LogP contribution in [0, 0.1) is 0 Å². The van der Waals surface area contributed by atoms with Crippen molar-refractivity contribution in [3.8, 4) is 11.3 Å². The molecule has 0 aliphatic rings. The van der Waals surface area contributed by atoms with Gasteiger partial charge in [0.25, 0.3) is 0 Å². The maximum Gasteiger partial charge on any atom is 0.134 e. The Balaban J connectivity index is 0.00000200. The molecule has 1 unspecified atom stereocenters. The number of hydrogen-bond acceptors (Lipinski definition) is 4. The van der Waals surface area contributed by atoms with Gasteiger partial charge >= 0.3 is 0 Å². The molecule has 0 spiro atoms. The first kappa shape index (κ1) is 16.7. The lowest BCUT2D eigenvalue weighted by atomic mass is 10.1. The minimum atomic E-state index is -0.455. The van der Waals surface area contributed by atoms with Crippen molar-refractivity contribution in [2.45, 2.75) is 19.6 Å². The molecule has 0 bridgehead atoms. The second kappa shape index (κ2) is 8.07. The van der Waals surface area contributed by atoms with E-state index in [0.29, 0.717) is 13.1 Å². The Kier molecular flexibility index (Phi) is 6.75. The Bertz CT molecular complexity index is 508. The van der Waals surface area contributed by atoms with Gasteiger partial charge in [-0.25, -0.2) is 0 Å². The lowest BCUT2D eigenvalue weighted by molar-refractivity contribution is 0.199. The van der Waals surface area contributed by atoms with Crippen LogP contribution in [0.2, 0.25) is 0 Å². The molecule has 4 nitrogen and oxygen atoms in total. The maximum absolute atomic E-state index is 9.46. The van der Waals surface area contributed by atoms with Crippen LogP contribution in [0.5, 0.6) is 0 Å². The van der Waals surface area contributed by atoms with Crippen LogP contribution in [0.3, 0.4) is 0 Å². The van der Waals surface area contributed by atoms with Crippen molar-refractivity contribution in [2.24, 2.45) is 0 Å². The molecule has 5 heteroatoms. The number of aliphatic hydroxyl groups excluding tert-OH is 2. The standard InChI is InChI=1S/C15H19NO3.ClH/c1-11(18)12-2-4-13(5-3-12)15-7-6-14(19-15)10-16-8-9-17;/h2-7,11,16-18H,8-10H2,1H3;1H. The number of hydrogen-bond donors (Lipinski definition) is 3. The Hall–Kier alpha value is -1.33. The zero-order chi connectivity index (χ0) is 13.7. The van der Waals surface area contributed by atoms with Crippen molar-refractivity contribution in [3.63, 3.8) is 0 Å². The minimum absolute atomic E-state index is 0. The lowest BCUT2D eigenvalue weighted by Crippen LogP contribution is -2.16. The summed E-state index contributed by atoms with van der Waals surface area (Å²) in [6, 6.07) is 11.5. The summed E-state index contributed by atoms with van der Waals surface area (Å²) in [4.78, 5) is 0. The molecular formula is C15H20ClNO3. The van der Waals surface area contributed by atoms with Gasteiger partial charge in [-0.15, -0.1) is 12.4 Å². The highest BCUT2D eigenvalue weighted by Crippen LogP contribution is 2.24. The average molecular weight is 298 g/mol. The summed E-state index contributed by atoms with van der Waals surface area (Å²) in [7, 11) is 0. The van der Waals surface area contributed by atoms with Crippen molar-refractivity contribution < 1.29 is 14.6 Å². The third kappa shape index (κ3) is 4.35. The molecule has 1 aromatic carbocycles. The highest BCUT2D eigenvalue weighted by atomic mass is 35.5. The molecule has 1 heterocycles. The van der Waals surface area contributed by atoms with Crippen molar-refractivity contribution in [3.05, 3.63) is 47.7 Å². The molecule has 1 aromatic heterocycles. The van der Waals surface area contributed by atoms with Crippen molar-refractivity contribution >= 4 is 12.4 Å². The van der Waals surface area contributed by atoms with E-state index in [2.05, 4.69) is 5.32 Å². The van der Waals surface area contributed by atoms with Crippen LogP contribution >= 0.6 is 12.4 Å². The summed E-state index contributed by atoms with van der Waals surface area (Å²) < 4.78 is 5.71. The normalized spacial score (nSPS) is 11.9. The van der Waals surface area contributed by atoms with Gasteiger partial charge in [-0.05, 0) is 24.6 Å². The molecule has 0 aliphatic carbocycles. The van der Waals surface area contributed by atoms with Gasteiger partial charge in [0.15, 0.2) is 0 Å². The van der Waals surface area contributed by atoms with Crippen molar-refractivity contribution in [1.29, 1.82) is 0 Å². The van der Waals surface area contributed by atoms with Crippen LogP contribution in [0.1, 0.15) is 24.4 Å². The van der Waals surface area contributed by atoms with Gasteiger partial charge in [0.2, 0.25) is 0 Å². The second-order valence-corrected chi connectivity index (χ2v) is 4.46. The molecule has 0 aliphatic heterocycles. The molecule has 1 atom stereocenters. The molecule has 20 heavy (non-hydrogen) atoms. The van der Waals surface area contributed by atoms with E-state index in [1.165, 1.54) is 0 Å². The van der Waals surface area contributed by atoms with E-state index in [9.17, 15) is 5.11 Å². The molecule has 0 saturated carbocycles. The zero-order valence-electron chi connectivity index (χ0n) is 11.4. The van der Waals surface area contributed by atoms with Crippen LogP contribution in [0.25, 0.3) is 11.3 Å². The quantitative estimate of drug-likeness (QED) is 0.717. The first-order chi connectivity index (χ1) is 9.20. The molecule has 3 N–H and O–H groups in total. The molecule has 2 aromatic rings. The Morgan fingerprint density at radius 2 is 1.85 bits per heavy atom. The number of rotatable bonds is 6. The van der Waals surface area contributed by atoms with Crippen molar-refractivity contribution in [1.82, 2.24) is 5.32 Å². The maximum atomic E-state index is 9.46. The van der Waals surface area contributed by atoms with Crippen molar-refractivity contribution in [2.75, 3.05) is 13.2 Å². The number of aliphatic hydroxyl groups is 2. The zero-order valence-corrected chi connectivity index (χ0v) is 12.2. The van der Waals surface area contributed by atoms with Crippen LogP contribution in [0.15, 0.2) is 40.8 Å². The fraction of sp³-hybridized carbons (Fsp3) is 0.333. The fourth-order valence-corrected chi connectivity index (χ4v) is 1.84. The predicted molar refractivity (Wildman–Crippen MR) is 80.8 cm³/mol. The highest BCUT2D eigenvalue weighted by molar-refractivity contribution is 5.85. The predicted octanol–water partition coefficient (Wildman–Crippen LogP) is 2.50. The van der Waals surface area contributed by atoms with Gasteiger partial charge < -0.3 is 19.9 Å². The topological polar surface area (TPSA) is 65.6 Å². The van der Waals surface area contributed by atoms with E-state index in [1.807, 2.05) is 36.4 Å². The summed E-state index contributed by atoms with van der Waals surface area (Å²) in [5.74, 6) is 1.64. The summed E-state index contributed by atoms with van der Waals surface area (Å²) >= 11 is 0. The van der Waals surface area contributed by atoms with E-state index in [1.54, 1.807) is 6.92 Å². The summed E-state index contributed by atoms with van der Waals surface area (Å²) in [5, 5.41) is 21.2.